The Morgan fingerprint density at radius 3 is 2.60 bits per heavy atom. The van der Waals surface area contributed by atoms with Crippen LogP contribution in [0.5, 0.6) is 5.75 Å². The molecule has 1 fully saturated rings. The van der Waals surface area contributed by atoms with E-state index in [1.807, 2.05) is 56.3 Å². The maximum absolute atomic E-state index is 11.7. The third kappa shape index (κ3) is 5.28. The third-order valence-corrected chi connectivity index (χ3v) is 7.59. The normalized spacial score (nSPS) is 16.7. The van der Waals surface area contributed by atoms with Crippen LogP contribution >= 0.6 is 23.8 Å². The van der Waals surface area contributed by atoms with Crippen LogP contribution in [0.3, 0.4) is 0 Å². The summed E-state index contributed by atoms with van der Waals surface area (Å²) in [7, 11) is 1.62. The molecule has 3 heterocycles. The number of carboxylic acid groups (broad SMARTS) is 1. The maximum atomic E-state index is 11.7. The van der Waals surface area contributed by atoms with Gasteiger partial charge in [0.15, 0.2) is 5.11 Å². The first-order valence-electron chi connectivity index (χ1n) is 12.7. The standard InChI is InChI=1S/C30H29ClN4O4S/c1-18-15-23(19(2)34(18)21-8-6-7-20(16-21)29(36)37)28-27(25-9-4-5-12-32-25)33-30(40)35(28)22-10-11-26(24(31)17-22)39-14-13-38-3/h4-12,15-17,27-28H,13-14H2,1-3H3,(H,33,40)(H,36,37)/t27-,28+/m1/s1. The first kappa shape index (κ1) is 27.6. The number of hydrogen-bond donors (Lipinski definition) is 2. The van der Waals surface area contributed by atoms with Gasteiger partial charge in [0, 0.05) is 36.1 Å². The molecule has 0 saturated carbocycles. The summed E-state index contributed by atoms with van der Waals surface area (Å²) in [6.45, 7) is 4.88. The van der Waals surface area contributed by atoms with Crippen LogP contribution in [0.25, 0.3) is 5.69 Å². The van der Waals surface area contributed by atoms with Crippen LogP contribution in [-0.4, -0.2) is 46.1 Å². The number of nitrogens with one attached hydrogen (secondary N) is 1. The van der Waals surface area contributed by atoms with Gasteiger partial charge < -0.3 is 29.4 Å². The highest BCUT2D eigenvalue weighted by Gasteiger charge is 2.42. The number of methoxy groups -OCH3 is 1. The average molecular weight is 577 g/mol. The maximum Gasteiger partial charge on any atom is 0.335 e. The SMILES string of the molecule is COCCOc1ccc(N2C(=S)N[C@H](c3ccccn3)[C@@H]2c2cc(C)n(-c3cccc(C(=O)O)c3)c2C)cc1Cl. The van der Waals surface area contributed by atoms with Crippen molar-refractivity contribution in [2.24, 2.45) is 0 Å². The van der Waals surface area contributed by atoms with Gasteiger partial charge in [-0.05, 0) is 86.2 Å². The van der Waals surface area contributed by atoms with Gasteiger partial charge in [-0.15, -0.1) is 0 Å². The molecule has 40 heavy (non-hydrogen) atoms. The van der Waals surface area contributed by atoms with Gasteiger partial charge in [-0.2, -0.15) is 0 Å². The minimum absolute atomic E-state index is 0.227. The number of thiocarbonyl (C=S) groups is 1. The molecule has 5 rings (SSSR count). The number of aromatic carboxylic acids is 1. The molecular formula is C30H29ClN4O4S. The molecule has 2 N–H and O–H groups in total. The molecule has 0 amide bonds. The largest absolute Gasteiger partial charge is 0.490 e. The topological polar surface area (TPSA) is 88.9 Å². The summed E-state index contributed by atoms with van der Waals surface area (Å²) in [6.07, 6.45) is 1.77. The molecule has 2 aromatic heterocycles. The molecule has 0 aliphatic carbocycles. The zero-order valence-electron chi connectivity index (χ0n) is 22.3. The molecule has 1 saturated heterocycles. The number of hydrogen-bond acceptors (Lipinski definition) is 5. The van der Waals surface area contributed by atoms with Crippen molar-refractivity contribution in [1.29, 1.82) is 0 Å². The van der Waals surface area contributed by atoms with E-state index in [4.69, 9.17) is 33.3 Å². The number of benzene rings is 2. The van der Waals surface area contributed by atoms with E-state index in [9.17, 15) is 9.90 Å². The number of pyridine rings is 1. The van der Waals surface area contributed by atoms with Crippen molar-refractivity contribution in [2.45, 2.75) is 25.9 Å². The van der Waals surface area contributed by atoms with E-state index in [2.05, 4.69) is 25.8 Å². The van der Waals surface area contributed by atoms with E-state index in [1.54, 1.807) is 31.5 Å². The molecule has 0 unspecified atom stereocenters. The summed E-state index contributed by atoms with van der Waals surface area (Å²) >= 11 is 12.5. The molecule has 2 atom stereocenters. The van der Waals surface area contributed by atoms with Crippen molar-refractivity contribution in [2.75, 3.05) is 25.2 Å². The predicted molar refractivity (Wildman–Crippen MR) is 159 cm³/mol. The minimum atomic E-state index is -0.970. The number of aryl methyl sites for hydroxylation is 1. The smallest absolute Gasteiger partial charge is 0.335 e. The van der Waals surface area contributed by atoms with Gasteiger partial charge in [-0.1, -0.05) is 23.7 Å². The predicted octanol–water partition coefficient (Wildman–Crippen LogP) is 6.04. The lowest BCUT2D eigenvalue weighted by atomic mass is 9.96. The highest BCUT2D eigenvalue weighted by Crippen LogP contribution is 2.45. The Balaban J connectivity index is 1.61. The van der Waals surface area contributed by atoms with Crippen LogP contribution in [0.2, 0.25) is 5.02 Å². The van der Waals surface area contributed by atoms with Crippen LogP contribution in [-0.2, 0) is 4.74 Å². The van der Waals surface area contributed by atoms with E-state index in [0.29, 0.717) is 29.1 Å². The fourth-order valence-electron chi connectivity index (χ4n) is 5.20. The lowest BCUT2D eigenvalue weighted by molar-refractivity contribution is 0.0697. The van der Waals surface area contributed by atoms with Gasteiger partial charge in [0.2, 0.25) is 0 Å². The Bertz CT molecular complexity index is 1560. The quantitative estimate of drug-likeness (QED) is 0.184. The van der Waals surface area contributed by atoms with Crippen LogP contribution in [0.1, 0.15) is 45.1 Å². The zero-order chi connectivity index (χ0) is 28.4. The molecule has 0 spiro atoms. The first-order chi connectivity index (χ1) is 19.3. The summed E-state index contributed by atoms with van der Waals surface area (Å²) in [5.74, 6) is -0.405. The van der Waals surface area contributed by atoms with Crippen LogP contribution < -0.4 is 15.0 Å². The van der Waals surface area contributed by atoms with Crippen molar-refractivity contribution in [3.63, 3.8) is 0 Å². The Labute approximate surface area is 243 Å². The lowest BCUT2D eigenvalue weighted by Gasteiger charge is -2.28. The Hall–Kier alpha value is -3.92. The van der Waals surface area contributed by atoms with Crippen LogP contribution in [0.15, 0.2) is 72.9 Å². The van der Waals surface area contributed by atoms with Gasteiger partial charge in [-0.3, -0.25) is 4.98 Å². The van der Waals surface area contributed by atoms with Crippen molar-refractivity contribution < 1.29 is 19.4 Å². The summed E-state index contributed by atoms with van der Waals surface area (Å²) in [4.78, 5) is 18.4. The number of aromatic nitrogens is 2. The number of carbonyl (C=O) groups is 1. The molecule has 10 heteroatoms. The van der Waals surface area contributed by atoms with Gasteiger partial charge in [0.05, 0.1) is 35.0 Å². The second kappa shape index (κ2) is 11.7. The third-order valence-electron chi connectivity index (χ3n) is 6.98. The second-order valence-corrected chi connectivity index (χ2v) is 10.3. The number of carboxylic acids is 1. The molecule has 8 nitrogen and oxygen atoms in total. The molecule has 4 aromatic rings. The molecule has 206 valence electrons. The number of ether oxygens (including phenoxy) is 2. The van der Waals surface area contributed by atoms with E-state index in [-0.39, 0.29) is 17.6 Å². The summed E-state index contributed by atoms with van der Waals surface area (Å²) in [6, 6.07) is 20.0. The number of anilines is 1. The van der Waals surface area contributed by atoms with Gasteiger partial charge in [0.1, 0.15) is 12.4 Å². The van der Waals surface area contributed by atoms with Crippen LogP contribution in [0, 0.1) is 13.8 Å². The first-order valence-corrected chi connectivity index (χ1v) is 13.5. The average Bonchev–Trinajstić information content (AvgIpc) is 3.44. The van der Waals surface area contributed by atoms with E-state index in [1.165, 1.54) is 0 Å². The Morgan fingerprint density at radius 1 is 1.07 bits per heavy atom. The molecular weight excluding hydrogens is 548 g/mol. The Kier molecular flexibility index (Phi) is 8.07. The minimum Gasteiger partial charge on any atom is -0.490 e. The van der Waals surface area contributed by atoms with Gasteiger partial charge in [-0.25, -0.2) is 4.79 Å². The summed E-state index contributed by atoms with van der Waals surface area (Å²) < 4.78 is 12.9. The van der Waals surface area contributed by atoms with Crippen molar-refractivity contribution in [3.8, 4) is 11.4 Å². The Morgan fingerprint density at radius 2 is 1.90 bits per heavy atom. The van der Waals surface area contributed by atoms with Gasteiger partial charge in [0.25, 0.3) is 0 Å². The molecule has 2 aromatic carbocycles. The summed E-state index contributed by atoms with van der Waals surface area (Å²) in [5.41, 5.74) is 5.61. The van der Waals surface area contributed by atoms with Crippen LogP contribution in [0.4, 0.5) is 5.69 Å². The lowest BCUT2D eigenvalue weighted by Crippen LogP contribution is -2.29. The fraction of sp³-hybridized carbons (Fsp3) is 0.233. The second-order valence-electron chi connectivity index (χ2n) is 9.47. The fourth-order valence-corrected chi connectivity index (χ4v) is 5.78. The number of nitrogens with zero attached hydrogens (tertiary/aromatic N) is 3. The highest BCUT2D eigenvalue weighted by atomic mass is 35.5. The van der Waals surface area contributed by atoms with Crippen molar-refractivity contribution in [1.82, 2.24) is 14.9 Å². The molecule has 0 bridgehead atoms. The molecule has 1 aliphatic heterocycles. The van der Waals surface area contributed by atoms with Crippen molar-refractivity contribution >= 4 is 40.6 Å². The van der Waals surface area contributed by atoms with E-state index >= 15 is 0 Å². The van der Waals surface area contributed by atoms with Gasteiger partial charge >= 0.3 is 5.97 Å². The highest BCUT2D eigenvalue weighted by molar-refractivity contribution is 7.80. The summed E-state index contributed by atoms with van der Waals surface area (Å²) in [5, 5.41) is 14.0. The monoisotopic (exact) mass is 576 g/mol. The number of rotatable bonds is 9. The number of halogens is 1. The van der Waals surface area contributed by atoms with Crippen molar-refractivity contribution in [3.05, 3.63) is 106 Å². The zero-order valence-corrected chi connectivity index (χ0v) is 23.9. The molecule has 1 aliphatic rings. The van der Waals surface area contributed by atoms with E-state index in [0.717, 1.165) is 34.0 Å². The molecule has 0 radical (unpaired) electrons. The van der Waals surface area contributed by atoms with E-state index < -0.39 is 5.97 Å².